The number of anilines is 1. The second kappa shape index (κ2) is 4.34. The highest BCUT2D eigenvalue weighted by atomic mass is 32.1. The van der Waals surface area contributed by atoms with Crippen molar-refractivity contribution in [3.8, 4) is 22.7 Å². The molecule has 0 aliphatic carbocycles. The van der Waals surface area contributed by atoms with Crippen LogP contribution in [0.5, 0.6) is 0 Å². The number of thiazole rings is 1. The molecular weight excluding hydrogens is 254 g/mol. The fourth-order valence-corrected chi connectivity index (χ4v) is 2.36. The molecule has 0 atom stereocenters. The molecule has 0 spiro atoms. The highest BCUT2D eigenvalue weighted by Crippen LogP contribution is 2.31. The molecule has 2 rings (SSSR count). The van der Waals surface area contributed by atoms with Gasteiger partial charge in [-0.1, -0.05) is 12.2 Å². The Balaban J connectivity index is 2.95. The van der Waals surface area contributed by atoms with Crippen molar-refractivity contribution >= 4 is 29.4 Å². The highest BCUT2D eigenvalue weighted by Gasteiger charge is 2.17. The largest absolute Gasteiger partial charge is 0.384 e. The topological polar surface area (TPSA) is 102 Å². The molecule has 0 saturated carbocycles. The zero-order chi connectivity index (χ0) is 12.4. The Labute approximate surface area is 106 Å². The lowest BCUT2D eigenvalue weighted by Gasteiger charge is -2.06. The Morgan fingerprint density at radius 2 is 2.06 bits per heavy atom. The second-order valence-corrected chi connectivity index (χ2v) is 4.36. The fraction of sp³-hybridized carbons (Fsp3) is 0. The third-order valence-electron chi connectivity index (χ3n) is 2.11. The summed E-state index contributed by atoms with van der Waals surface area (Å²) in [6.45, 7) is 0. The Morgan fingerprint density at radius 3 is 2.59 bits per heavy atom. The summed E-state index contributed by atoms with van der Waals surface area (Å²) in [4.78, 5) is 6.72. The molecule has 82 valence electrons. The van der Waals surface area contributed by atoms with Crippen molar-refractivity contribution in [1.82, 2.24) is 9.97 Å². The SMILES string of the molecule is N#Cc1c(N)[nH]c(=S)c(C#N)c1-c1nccs1. The molecule has 3 N–H and O–H groups in total. The van der Waals surface area contributed by atoms with Gasteiger partial charge in [-0.2, -0.15) is 10.5 Å². The first-order valence-corrected chi connectivity index (χ1v) is 5.73. The average molecular weight is 259 g/mol. The van der Waals surface area contributed by atoms with E-state index in [2.05, 4.69) is 9.97 Å². The summed E-state index contributed by atoms with van der Waals surface area (Å²) in [5.41, 5.74) is 6.52. The van der Waals surface area contributed by atoms with Crippen LogP contribution < -0.4 is 5.73 Å². The van der Waals surface area contributed by atoms with Crippen LogP contribution in [0.2, 0.25) is 0 Å². The van der Waals surface area contributed by atoms with Gasteiger partial charge in [-0.05, 0) is 0 Å². The maximum atomic E-state index is 9.10. The monoisotopic (exact) mass is 259 g/mol. The number of aromatic nitrogens is 2. The minimum Gasteiger partial charge on any atom is -0.384 e. The predicted molar refractivity (Wildman–Crippen MR) is 66.6 cm³/mol. The van der Waals surface area contributed by atoms with Gasteiger partial charge in [0.05, 0.1) is 11.1 Å². The van der Waals surface area contributed by atoms with Gasteiger partial charge in [0.1, 0.15) is 33.2 Å². The third-order valence-corrected chi connectivity index (χ3v) is 3.21. The van der Waals surface area contributed by atoms with Gasteiger partial charge in [0, 0.05) is 11.6 Å². The first-order valence-electron chi connectivity index (χ1n) is 4.44. The number of hydrogen-bond donors (Lipinski definition) is 2. The molecule has 0 aromatic carbocycles. The van der Waals surface area contributed by atoms with Gasteiger partial charge in [0.25, 0.3) is 0 Å². The molecule has 0 amide bonds. The number of H-pyrrole nitrogens is 1. The Hall–Kier alpha value is -2.22. The molecule has 0 unspecified atom stereocenters. The summed E-state index contributed by atoms with van der Waals surface area (Å²) < 4.78 is 0.217. The first kappa shape index (κ1) is 11.3. The molecule has 17 heavy (non-hydrogen) atoms. The second-order valence-electron chi connectivity index (χ2n) is 3.05. The van der Waals surface area contributed by atoms with E-state index < -0.39 is 0 Å². The van der Waals surface area contributed by atoms with Crippen molar-refractivity contribution in [3.05, 3.63) is 27.3 Å². The van der Waals surface area contributed by atoms with Crippen molar-refractivity contribution in [2.45, 2.75) is 0 Å². The van der Waals surface area contributed by atoms with Crippen LogP contribution in [0.15, 0.2) is 11.6 Å². The van der Waals surface area contributed by atoms with Crippen LogP contribution in [0.4, 0.5) is 5.82 Å². The van der Waals surface area contributed by atoms with Gasteiger partial charge < -0.3 is 10.7 Å². The van der Waals surface area contributed by atoms with E-state index in [0.29, 0.717) is 10.6 Å². The van der Waals surface area contributed by atoms with Crippen LogP contribution in [0.3, 0.4) is 0 Å². The highest BCUT2D eigenvalue weighted by molar-refractivity contribution is 7.71. The van der Waals surface area contributed by atoms with Crippen molar-refractivity contribution in [3.63, 3.8) is 0 Å². The zero-order valence-corrected chi connectivity index (χ0v) is 10.0. The van der Waals surface area contributed by atoms with Gasteiger partial charge in [-0.25, -0.2) is 4.98 Å². The Kier molecular flexibility index (Phi) is 2.88. The molecule has 0 fully saturated rings. The van der Waals surface area contributed by atoms with Crippen LogP contribution in [0, 0.1) is 27.3 Å². The zero-order valence-electron chi connectivity index (χ0n) is 8.39. The molecule has 0 radical (unpaired) electrons. The van der Waals surface area contributed by atoms with E-state index in [9.17, 15) is 0 Å². The molecule has 2 aromatic heterocycles. The van der Waals surface area contributed by atoms with Gasteiger partial charge >= 0.3 is 0 Å². The van der Waals surface area contributed by atoms with Crippen molar-refractivity contribution in [2.24, 2.45) is 0 Å². The maximum absolute atomic E-state index is 9.10. The summed E-state index contributed by atoms with van der Waals surface area (Å²) in [6, 6.07) is 3.95. The number of hydrogen-bond acceptors (Lipinski definition) is 6. The minimum atomic E-state index is 0.154. The lowest BCUT2D eigenvalue weighted by Crippen LogP contribution is -2.01. The number of rotatable bonds is 1. The van der Waals surface area contributed by atoms with Crippen LogP contribution >= 0.6 is 23.6 Å². The summed E-state index contributed by atoms with van der Waals surface area (Å²) in [5, 5.41) is 20.5. The van der Waals surface area contributed by atoms with Crippen molar-refractivity contribution in [1.29, 1.82) is 10.5 Å². The molecule has 0 aliphatic rings. The van der Waals surface area contributed by atoms with Gasteiger partial charge in [-0.3, -0.25) is 0 Å². The smallest absolute Gasteiger partial charge is 0.126 e. The normalized spacial score (nSPS) is 9.53. The van der Waals surface area contributed by atoms with Crippen LogP contribution in [0.1, 0.15) is 11.1 Å². The minimum absolute atomic E-state index is 0.154. The molecule has 2 aromatic rings. The molecule has 0 bridgehead atoms. The van der Waals surface area contributed by atoms with Gasteiger partial charge in [-0.15, -0.1) is 11.3 Å². The number of nitrogens with two attached hydrogens (primary N) is 1. The Morgan fingerprint density at radius 1 is 1.35 bits per heavy atom. The number of pyridine rings is 1. The molecule has 0 saturated heterocycles. The van der Waals surface area contributed by atoms with Crippen molar-refractivity contribution in [2.75, 3.05) is 5.73 Å². The fourth-order valence-electron chi connectivity index (χ4n) is 1.40. The van der Waals surface area contributed by atoms with E-state index in [1.807, 2.05) is 12.1 Å². The molecule has 2 heterocycles. The van der Waals surface area contributed by atoms with Crippen LogP contribution in [0.25, 0.3) is 10.6 Å². The number of nitrogens with one attached hydrogen (secondary N) is 1. The van der Waals surface area contributed by atoms with Crippen LogP contribution in [-0.2, 0) is 0 Å². The summed E-state index contributed by atoms with van der Waals surface area (Å²) in [6.07, 6.45) is 1.60. The van der Waals surface area contributed by atoms with Crippen molar-refractivity contribution < 1.29 is 0 Å². The van der Waals surface area contributed by atoms with E-state index in [0.717, 1.165) is 0 Å². The van der Waals surface area contributed by atoms with Crippen LogP contribution in [-0.4, -0.2) is 9.97 Å². The molecule has 0 aliphatic heterocycles. The lowest BCUT2D eigenvalue weighted by molar-refractivity contribution is 1.25. The lowest BCUT2D eigenvalue weighted by atomic mass is 10.1. The maximum Gasteiger partial charge on any atom is 0.126 e. The van der Waals surface area contributed by atoms with E-state index in [1.54, 1.807) is 11.6 Å². The molecule has 7 heteroatoms. The number of nitrogen functional groups attached to an aromatic ring is 1. The standard InChI is InChI=1S/C10H5N5S2/c11-3-5-7(10-14-1-2-17-10)6(4-12)9(16)15-8(5)13/h1-2H,(H3,13,15,16). The summed E-state index contributed by atoms with van der Waals surface area (Å²) >= 11 is 6.34. The molecular formula is C10H5N5S2. The van der Waals surface area contributed by atoms with E-state index in [4.69, 9.17) is 28.5 Å². The van der Waals surface area contributed by atoms with E-state index in [1.165, 1.54) is 11.3 Å². The van der Waals surface area contributed by atoms with E-state index >= 15 is 0 Å². The van der Waals surface area contributed by atoms with E-state index in [-0.39, 0.29) is 21.6 Å². The third kappa shape index (κ3) is 1.78. The first-order chi connectivity index (χ1) is 8.19. The number of nitriles is 2. The quantitative estimate of drug-likeness (QED) is 0.764. The van der Waals surface area contributed by atoms with Gasteiger partial charge in [0.15, 0.2) is 0 Å². The van der Waals surface area contributed by atoms with Gasteiger partial charge in [0.2, 0.25) is 0 Å². The number of aromatic amines is 1. The predicted octanol–water partition coefficient (Wildman–Crippen LogP) is 2.19. The summed E-state index contributed by atoms with van der Waals surface area (Å²) in [5.74, 6) is 0.154. The molecule has 5 nitrogen and oxygen atoms in total. The Bertz CT molecular complexity index is 700. The average Bonchev–Trinajstić information content (AvgIpc) is 2.81. The summed E-state index contributed by atoms with van der Waals surface area (Å²) in [7, 11) is 0. The number of nitrogens with zero attached hydrogens (tertiary/aromatic N) is 3.